The third kappa shape index (κ3) is 7.23. The van der Waals surface area contributed by atoms with Crippen LogP contribution in [0.15, 0.2) is 30.3 Å². The van der Waals surface area contributed by atoms with Crippen LogP contribution in [-0.2, 0) is 20.8 Å². The highest BCUT2D eigenvalue weighted by Gasteiger charge is 2.25. The molecule has 0 spiro atoms. The second kappa shape index (κ2) is 9.67. The highest BCUT2D eigenvalue weighted by atomic mass is 16.4. The molecule has 0 heterocycles. The number of amides is 2. The fraction of sp³-hybridized carbons (Fsp3) is 0.471. The fourth-order valence-corrected chi connectivity index (χ4v) is 2.31. The lowest BCUT2D eigenvalue weighted by atomic mass is 10.0. The molecule has 0 saturated heterocycles. The molecule has 7 nitrogen and oxygen atoms in total. The van der Waals surface area contributed by atoms with Crippen LogP contribution in [-0.4, -0.2) is 41.5 Å². The second-order valence-electron chi connectivity index (χ2n) is 6.11. The fourth-order valence-electron chi connectivity index (χ4n) is 2.31. The Hall–Kier alpha value is -2.41. The zero-order chi connectivity index (χ0) is 18.1. The number of primary amides is 1. The van der Waals surface area contributed by atoms with Gasteiger partial charge in [-0.05, 0) is 17.9 Å². The maximum atomic E-state index is 12.4. The van der Waals surface area contributed by atoms with E-state index in [9.17, 15) is 14.4 Å². The Balaban J connectivity index is 2.75. The molecule has 7 heteroatoms. The van der Waals surface area contributed by atoms with E-state index in [1.165, 1.54) is 0 Å². The summed E-state index contributed by atoms with van der Waals surface area (Å²) >= 11 is 0. The number of nitrogens with one attached hydrogen (secondary N) is 2. The Morgan fingerprint density at radius 2 is 1.75 bits per heavy atom. The Bertz CT molecular complexity index is 560. The van der Waals surface area contributed by atoms with Crippen LogP contribution in [0, 0.1) is 5.92 Å². The van der Waals surface area contributed by atoms with Crippen LogP contribution in [0.4, 0.5) is 0 Å². The van der Waals surface area contributed by atoms with Crippen LogP contribution >= 0.6 is 0 Å². The molecule has 0 radical (unpaired) electrons. The van der Waals surface area contributed by atoms with Gasteiger partial charge < -0.3 is 16.2 Å². The minimum atomic E-state index is -1.05. The van der Waals surface area contributed by atoms with Crippen LogP contribution in [0.5, 0.6) is 0 Å². The molecular weight excluding hydrogens is 310 g/mol. The molecule has 1 aromatic rings. The minimum Gasteiger partial charge on any atom is -0.480 e. The molecule has 1 rings (SSSR count). The molecule has 24 heavy (non-hydrogen) atoms. The molecule has 0 saturated carbocycles. The number of nitrogens with two attached hydrogens (primary N) is 1. The Labute approximate surface area is 141 Å². The molecule has 2 amide bonds. The van der Waals surface area contributed by atoms with Gasteiger partial charge in [0.25, 0.3) is 0 Å². The summed E-state index contributed by atoms with van der Waals surface area (Å²) < 4.78 is 0. The van der Waals surface area contributed by atoms with E-state index in [4.69, 9.17) is 10.8 Å². The number of carboxylic acids is 1. The molecule has 0 fully saturated rings. The molecule has 132 valence electrons. The normalized spacial score (nSPS) is 13.3. The summed E-state index contributed by atoms with van der Waals surface area (Å²) in [6.45, 7) is 3.53. The lowest BCUT2D eigenvalue weighted by molar-refractivity contribution is -0.136. The average molecular weight is 335 g/mol. The first-order valence-corrected chi connectivity index (χ1v) is 7.88. The Kier molecular flexibility index (Phi) is 7.91. The van der Waals surface area contributed by atoms with Gasteiger partial charge in [0.05, 0.1) is 12.6 Å². The maximum absolute atomic E-state index is 12.4. The highest BCUT2D eigenvalue weighted by Crippen LogP contribution is 2.07. The lowest BCUT2D eigenvalue weighted by Gasteiger charge is -2.22. The van der Waals surface area contributed by atoms with Gasteiger partial charge in [0.15, 0.2) is 0 Å². The van der Waals surface area contributed by atoms with Gasteiger partial charge in [-0.25, -0.2) is 0 Å². The summed E-state index contributed by atoms with van der Waals surface area (Å²) in [5.41, 5.74) is 6.26. The van der Waals surface area contributed by atoms with E-state index in [0.717, 1.165) is 5.56 Å². The van der Waals surface area contributed by atoms with Crippen molar-refractivity contribution in [2.45, 2.75) is 38.8 Å². The highest BCUT2D eigenvalue weighted by molar-refractivity contribution is 5.89. The van der Waals surface area contributed by atoms with E-state index in [2.05, 4.69) is 10.6 Å². The van der Waals surface area contributed by atoms with Gasteiger partial charge in [-0.2, -0.15) is 0 Å². The minimum absolute atomic E-state index is 0.184. The first-order valence-electron chi connectivity index (χ1n) is 7.88. The number of rotatable bonds is 10. The van der Waals surface area contributed by atoms with E-state index >= 15 is 0 Å². The first-order chi connectivity index (χ1) is 11.3. The number of aliphatic carboxylic acids is 1. The van der Waals surface area contributed by atoms with Crippen molar-refractivity contribution >= 4 is 17.8 Å². The summed E-state index contributed by atoms with van der Waals surface area (Å²) in [7, 11) is 0. The number of carbonyl (C=O) groups excluding carboxylic acids is 2. The van der Waals surface area contributed by atoms with E-state index in [0.29, 0.717) is 6.42 Å². The molecule has 0 aliphatic rings. The van der Waals surface area contributed by atoms with Gasteiger partial charge in [-0.15, -0.1) is 0 Å². The number of carbonyl (C=O) groups is 3. The second-order valence-corrected chi connectivity index (χ2v) is 6.11. The van der Waals surface area contributed by atoms with Crippen molar-refractivity contribution in [2.24, 2.45) is 11.7 Å². The largest absolute Gasteiger partial charge is 0.480 e. The summed E-state index contributed by atoms with van der Waals surface area (Å²) in [5.74, 6) is -1.92. The predicted octanol–water partition coefficient (Wildman–Crippen LogP) is 0.288. The zero-order valence-electron chi connectivity index (χ0n) is 14.0. The van der Waals surface area contributed by atoms with Crippen molar-refractivity contribution in [3.8, 4) is 0 Å². The van der Waals surface area contributed by atoms with Crippen molar-refractivity contribution < 1.29 is 19.5 Å². The molecule has 0 unspecified atom stereocenters. The summed E-state index contributed by atoms with van der Waals surface area (Å²) in [6, 6.07) is 7.68. The van der Waals surface area contributed by atoms with Gasteiger partial charge in [-0.3, -0.25) is 19.7 Å². The molecular formula is C17H25N3O4. The smallest absolute Gasteiger partial charge is 0.317 e. The standard InChI is InChI=1S/C17H25N3O4/c1-11(2)8-14(19-10-15(21)22)17(24)20-13(16(18)23)9-12-6-4-3-5-7-12/h3-7,11,13-14,19H,8-10H2,1-2H3,(H2,18,23)(H,20,24)(H,21,22)/t13-,14+/m0/s1. The SMILES string of the molecule is CC(C)C[C@@H](NCC(=O)O)C(=O)N[C@@H](Cc1ccccc1)C(N)=O. The first kappa shape index (κ1) is 19.6. The van der Waals surface area contributed by atoms with Crippen LogP contribution in [0.25, 0.3) is 0 Å². The van der Waals surface area contributed by atoms with E-state index < -0.39 is 29.9 Å². The predicted molar refractivity (Wildman–Crippen MR) is 90.2 cm³/mol. The topological polar surface area (TPSA) is 122 Å². The Morgan fingerprint density at radius 1 is 1.12 bits per heavy atom. The van der Waals surface area contributed by atoms with Gasteiger partial charge in [0.2, 0.25) is 11.8 Å². The quantitative estimate of drug-likeness (QED) is 0.489. The van der Waals surface area contributed by atoms with Gasteiger partial charge in [0.1, 0.15) is 6.04 Å². The molecule has 0 bridgehead atoms. The maximum Gasteiger partial charge on any atom is 0.317 e. The molecule has 1 aromatic carbocycles. The van der Waals surface area contributed by atoms with Crippen LogP contribution < -0.4 is 16.4 Å². The molecule has 2 atom stereocenters. The lowest BCUT2D eigenvalue weighted by Crippen LogP contribution is -2.53. The number of carboxylic acid groups (broad SMARTS) is 1. The van der Waals surface area contributed by atoms with Crippen LogP contribution in [0.3, 0.4) is 0 Å². The van der Waals surface area contributed by atoms with Gasteiger partial charge >= 0.3 is 5.97 Å². The monoisotopic (exact) mass is 335 g/mol. The molecule has 0 aromatic heterocycles. The molecule has 5 N–H and O–H groups in total. The molecule has 0 aliphatic heterocycles. The number of benzene rings is 1. The van der Waals surface area contributed by atoms with Gasteiger partial charge in [0, 0.05) is 6.42 Å². The van der Waals surface area contributed by atoms with Crippen LogP contribution in [0.2, 0.25) is 0 Å². The van der Waals surface area contributed by atoms with Crippen LogP contribution in [0.1, 0.15) is 25.8 Å². The third-order valence-corrected chi connectivity index (χ3v) is 3.47. The summed E-state index contributed by atoms with van der Waals surface area (Å²) in [5, 5.41) is 14.1. The van der Waals surface area contributed by atoms with Crippen molar-refractivity contribution in [1.29, 1.82) is 0 Å². The number of hydrogen-bond acceptors (Lipinski definition) is 4. The average Bonchev–Trinajstić information content (AvgIpc) is 2.51. The van der Waals surface area contributed by atoms with E-state index in [1.807, 2.05) is 44.2 Å². The van der Waals surface area contributed by atoms with Crippen molar-refractivity contribution in [2.75, 3.05) is 6.54 Å². The summed E-state index contributed by atoms with van der Waals surface area (Å²) in [6.07, 6.45) is 0.741. The van der Waals surface area contributed by atoms with E-state index in [1.54, 1.807) is 0 Å². The van der Waals surface area contributed by atoms with Crippen molar-refractivity contribution in [1.82, 2.24) is 10.6 Å². The number of hydrogen-bond donors (Lipinski definition) is 4. The summed E-state index contributed by atoms with van der Waals surface area (Å²) in [4.78, 5) is 34.8. The van der Waals surface area contributed by atoms with Crippen molar-refractivity contribution in [3.05, 3.63) is 35.9 Å². The van der Waals surface area contributed by atoms with Gasteiger partial charge in [-0.1, -0.05) is 44.2 Å². The molecule has 0 aliphatic carbocycles. The third-order valence-electron chi connectivity index (χ3n) is 3.47. The van der Waals surface area contributed by atoms with E-state index in [-0.39, 0.29) is 18.9 Å². The Morgan fingerprint density at radius 3 is 2.25 bits per heavy atom. The zero-order valence-corrected chi connectivity index (χ0v) is 14.0. The van der Waals surface area contributed by atoms with Crippen molar-refractivity contribution in [3.63, 3.8) is 0 Å².